The summed E-state index contributed by atoms with van der Waals surface area (Å²) in [4.78, 5) is 28.1. The van der Waals surface area contributed by atoms with Crippen molar-refractivity contribution in [2.75, 3.05) is 58.3 Å². The molecule has 0 aliphatic carbocycles. The third kappa shape index (κ3) is 6.00. The number of carbonyl (C=O) groups is 2. The van der Waals surface area contributed by atoms with Crippen LogP contribution in [0.4, 0.5) is 10.5 Å². The molecule has 2 N–H and O–H groups in total. The molecule has 1 aliphatic rings. The first-order chi connectivity index (χ1) is 12.4. The van der Waals surface area contributed by atoms with Crippen molar-refractivity contribution in [1.82, 2.24) is 15.1 Å². The number of benzene rings is 1. The fourth-order valence-corrected chi connectivity index (χ4v) is 3.12. The summed E-state index contributed by atoms with van der Waals surface area (Å²) in [6.45, 7) is 10.6. The molecule has 26 heavy (non-hydrogen) atoms. The molecule has 0 atom stereocenters. The normalized spacial score (nSPS) is 14.8. The molecule has 1 saturated heterocycles. The molecule has 7 heteroatoms. The van der Waals surface area contributed by atoms with Gasteiger partial charge in [0.1, 0.15) is 6.54 Å². The quantitative estimate of drug-likeness (QED) is 0.805. The predicted molar refractivity (Wildman–Crippen MR) is 103 cm³/mol. The highest BCUT2D eigenvalue weighted by Crippen LogP contribution is 2.21. The van der Waals surface area contributed by atoms with Crippen molar-refractivity contribution in [1.29, 1.82) is 0 Å². The number of nitrogens with one attached hydrogen (secondary N) is 2. The number of aryl methyl sites for hydroxylation is 3. The predicted octanol–water partition coefficient (Wildman–Crippen LogP) is 1.52. The van der Waals surface area contributed by atoms with Crippen LogP contribution in [0.25, 0.3) is 0 Å². The van der Waals surface area contributed by atoms with Crippen molar-refractivity contribution in [3.05, 3.63) is 28.8 Å². The lowest BCUT2D eigenvalue weighted by atomic mass is 10.1. The van der Waals surface area contributed by atoms with Crippen LogP contribution in [0.2, 0.25) is 0 Å². The van der Waals surface area contributed by atoms with Crippen LogP contribution in [0, 0.1) is 20.8 Å². The van der Waals surface area contributed by atoms with Crippen LogP contribution in [0.15, 0.2) is 12.1 Å². The van der Waals surface area contributed by atoms with E-state index < -0.39 is 0 Å². The number of hydrogen-bond acceptors (Lipinski definition) is 4. The SMILES string of the molecule is Cc1cc(C)c(NC(=O)CN(C)C(=O)NCCN2CCOCC2)c(C)c1. The molecule has 1 aliphatic heterocycles. The van der Waals surface area contributed by atoms with Crippen molar-refractivity contribution in [3.8, 4) is 0 Å². The van der Waals surface area contributed by atoms with Gasteiger partial charge in [0, 0.05) is 38.9 Å². The van der Waals surface area contributed by atoms with E-state index in [4.69, 9.17) is 4.74 Å². The summed E-state index contributed by atoms with van der Waals surface area (Å²) in [6, 6.07) is 3.82. The van der Waals surface area contributed by atoms with E-state index in [1.807, 2.05) is 32.9 Å². The number of carbonyl (C=O) groups excluding carboxylic acids is 2. The first-order valence-electron chi connectivity index (χ1n) is 9.03. The molecule has 1 aromatic carbocycles. The van der Waals surface area contributed by atoms with Gasteiger partial charge in [-0.15, -0.1) is 0 Å². The van der Waals surface area contributed by atoms with Gasteiger partial charge < -0.3 is 20.3 Å². The summed E-state index contributed by atoms with van der Waals surface area (Å²) < 4.78 is 5.30. The van der Waals surface area contributed by atoms with Crippen LogP contribution in [-0.2, 0) is 9.53 Å². The number of likely N-dealkylation sites (N-methyl/N-ethyl adjacent to an activating group) is 1. The second-order valence-electron chi connectivity index (χ2n) is 6.86. The molecule has 3 amide bonds. The van der Waals surface area contributed by atoms with Crippen LogP contribution in [-0.4, -0.2) is 74.7 Å². The summed E-state index contributed by atoms with van der Waals surface area (Å²) in [5.41, 5.74) is 4.03. The average Bonchev–Trinajstić information content (AvgIpc) is 2.59. The first kappa shape index (κ1) is 20.2. The summed E-state index contributed by atoms with van der Waals surface area (Å²) in [6.07, 6.45) is 0. The van der Waals surface area contributed by atoms with Gasteiger partial charge >= 0.3 is 6.03 Å². The number of ether oxygens (including phenoxy) is 1. The minimum Gasteiger partial charge on any atom is -0.379 e. The van der Waals surface area contributed by atoms with Crippen LogP contribution < -0.4 is 10.6 Å². The summed E-state index contributed by atoms with van der Waals surface area (Å²) >= 11 is 0. The van der Waals surface area contributed by atoms with Gasteiger partial charge in [0.15, 0.2) is 0 Å². The number of urea groups is 1. The Morgan fingerprint density at radius 2 is 1.77 bits per heavy atom. The summed E-state index contributed by atoms with van der Waals surface area (Å²) in [7, 11) is 1.62. The molecule has 1 aromatic rings. The van der Waals surface area contributed by atoms with Crippen LogP contribution in [0.3, 0.4) is 0 Å². The van der Waals surface area contributed by atoms with E-state index in [0.717, 1.165) is 55.2 Å². The van der Waals surface area contributed by atoms with E-state index in [1.54, 1.807) is 7.05 Å². The first-order valence-corrected chi connectivity index (χ1v) is 9.03. The van der Waals surface area contributed by atoms with Gasteiger partial charge in [-0.2, -0.15) is 0 Å². The lowest BCUT2D eigenvalue weighted by Gasteiger charge is -2.27. The van der Waals surface area contributed by atoms with Gasteiger partial charge in [-0.05, 0) is 31.9 Å². The van der Waals surface area contributed by atoms with E-state index in [-0.39, 0.29) is 18.5 Å². The molecule has 144 valence electrons. The fourth-order valence-electron chi connectivity index (χ4n) is 3.12. The molecule has 1 heterocycles. The second kappa shape index (κ2) is 9.54. The van der Waals surface area contributed by atoms with E-state index in [2.05, 4.69) is 15.5 Å². The Balaban J connectivity index is 1.76. The molecule has 7 nitrogen and oxygen atoms in total. The van der Waals surface area contributed by atoms with Gasteiger partial charge in [-0.25, -0.2) is 4.79 Å². The van der Waals surface area contributed by atoms with Crippen molar-refractivity contribution in [2.45, 2.75) is 20.8 Å². The smallest absolute Gasteiger partial charge is 0.317 e. The number of amides is 3. The van der Waals surface area contributed by atoms with Crippen molar-refractivity contribution >= 4 is 17.6 Å². The Morgan fingerprint density at radius 3 is 2.38 bits per heavy atom. The minimum atomic E-state index is -0.245. The molecule has 2 rings (SSSR count). The molecule has 0 spiro atoms. The van der Waals surface area contributed by atoms with E-state index >= 15 is 0 Å². The Labute approximate surface area is 155 Å². The Hall–Kier alpha value is -2.12. The standard InChI is InChI=1S/C19H30N4O3/c1-14-11-15(2)18(16(3)12-14)21-17(24)13-22(4)19(25)20-5-6-23-7-9-26-10-8-23/h11-12H,5-10,13H2,1-4H3,(H,20,25)(H,21,24). The van der Waals surface area contributed by atoms with Gasteiger partial charge in [0.2, 0.25) is 5.91 Å². The zero-order chi connectivity index (χ0) is 19.1. The third-order valence-electron chi connectivity index (χ3n) is 4.48. The van der Waals surface area contributed by atoms with Crippen LogP contribution in [0.1, 0.15) is 16.7 Å². The Kier molecular flexibility index (Phi) is 7.41. The van der Waals surface area contributed by atoms with E-state index in [9.17, 15) is 9.59 Å². The minimum absolute atomic E-state index is 0.0101. The zero-order valence-electron chi connectivity index (χ0n) is 16.2. The lowest BCUT2D eigenvalue weighted by molar-refractivity contribution is -0.116. The number of anilines is 1. The Morgan fingerprint density at radius 1 is 1.15 bits per heavy atom. The third-order valence-corrected chi connectivity index (χ3v) is 4.48. The Bertz CT molecular complexity index is 619. The maximum Gasteiger partial charge on any atom is 0.317 e. The number of nitrogens with zero attached hydrogens (tertiary/aromatic N) is 2. The molecule has 0 aromatic heterocycles. The molecular weight excluding hydrogens is 332 g/mol. The lowest BCUT2D eigenvalue weighted by Crippen LogP contribution is -2.45. The number of rotatable bonds is 6. The van der Waals surface area contributed by atoms with Crippen molar-refractivity contribution in [3.63, 3.8) is 0 Å². The highest BCUT2D eigenvalue weighted by molar-refractivity contribution is 5.95. The molecular formula is C19H30N4O3. The monoisotopic (exact) mass is 362 g/mol. The molecule has 0 bridgehead atoms. The van der Waals surface area contributed by atoms with E-state index in [1.165, 1.54) is 4.90 Å². The second-order valence-corrected chi connectivity index (χ2v) is 6.86. The zero-order valence-corrected chi connectivity index (χ0v) is 16.2. The number of morpholine rings is 1. The van der Waals surface area contributed by atoms with Gasteiger partial charge in [-0.1, -0.05) is 17.7 Å². The maximum absolute atomic E-state index is 12.3. The average molecular weight is 362 g/mol. The maximum atomic E-state index is 12.3. The number of hydrogen-bond donors (Lipinski definition) is 2. The fraction of sp³-hybridized carbons (Fsp3) is 0.579. The van der Waals surface area contributed by atoms with Crippen molar-refractivity contribution < 1.29 is 14.3 Å². The van der Waals surface area contributed by atoms with Gasteiger partial charge in [-0.3, -0.25) is 9.69 Å². The van der Waals surface area contributed by atoms with E-state index in [0.29, 0.717) is 6.54 Å². The molecule has 1 fully saturated rings. The van der Waals surface area contributed by atoms with Crippen molar-refractivity contribution in [2.24, 2.45) is 0 Å². The summed E-state index contributed by atoms with van der Waals surface area (Å²) in [5.74, 6) is -0.203. The van der Waals surface area contributed by atoms with Crippen LogP contribution >= 0.6 is 0 Å². The molecule has 0 radical (unpaired) electrons. The molecule has 0 unspecified atom stereocenters. The molecule has 0 saturated carbocycles. The highest BCUT2D eigenvalue weighted by Gasteiger charge is 2.15. The highest BCUT2D eigenvalue weighted by atomic mass is 16.5. The topological polar surface area (TPSA) is 73.9 Å². The summed E-state index contributed by atoms with van der Waals surface area (Å²) in [5, 5.41) is 5.77. The van der Waals surface area contributed by atoms with Gasteiger partial charge in [0.05, 0.1) is 13.2 Å². The van der Waals surface area contributed by atoms with Crippen LogP contribution in [0.5, 0.6) is 0 Å². The van der Waals surface area contributed by atoms with Gasteiger partial charge in [0.25, 0.3) is 0 Å². The largest absolute Gasteiger partial charge is 0.379 e.